The van der Waals surface area contributed by atoms with Gasteiger partial charge in [0.05, 0.1) is 22.3 Å². The number of hydrogen-bond acceptors (Lipinski definition) is 5. The lowest BCUT2D eigenvalue weighted by Gasteiger charge is -2.17. The van der Waals surface area contributed by atoms with E-state index in [2.05, 4.69) is 10.3 Å². The molecular formula is C21H21ClN4O4S. The second-order valence-electron chi connectivity index (χ2n) is 7.45. The van der Waals surface area contributed by atoms with E-state index in [9.17, 15) is 18.0 Å². The molecule has 1 saturated heterocycles. The van der Waals surface area contributed by atoms with Gasteiger partial charge in [-0.1, -0.05) is 23.7 Å². The van der Waals surface area contributed by atoms with E-state index in [1.54, 1.807) is 12.1 Å². The summed E-state index contributed by atoms with van der Waals surface area (Å²) in [4.78, 5) is 29.5. The maximum Gasteiger partial charge on any atom is 0.261 e. The van der Waals surface area contributed by atoms with Gasteiger partial charge in [0.15, 0.2) is 0 Å². The molecule has 3 aromatic rings. The Morgan fingerprint density at radius 1 is 1.19 bits per heavy atom. The lowest BCUT2D eigenvalue weighted by Crippen LogP contribution is -2.29. The number of para-hydroxylation sites is 1. The predicted octanol–water partition coefficient (Wildman–Crippen LogP) is 2.78. The minimum atomic E-state index is -3.74. The van der Waals surface area contributed by atoms with Gasteiger partial charge in [-0.3, -0.25) is 14.2 Å². The molecule has 0 saturated carbocycles. The first kappa shape index (κ1) is 21.5. The zero-order valence-corrected chi connectivity index (χ0v) is 18.4. The molecule has 2 heterocycles. The van der Waals surface area contributed by atoms with Crippen molar-refractivity contribution >= 4 is 44.1 Å². The molecule has 31 heavy (non-hydrogen) atoms. The first-order valence-corrected chi connectivity index (χ1v) is 11.6. The van der Waals surface area contributed by atoms with E-state index in [1.807, 2.05) is 13.0 Å². The SMILES string of the molecule is Cc1cccc2c(=O)n(CC(=O)Nc3ccc(Cl)c(S(=O)(=O)N4CCCC4)c3)cnc12. The number of amides is 1. The van der Waals surface area contributed by atoms with Crippen LogP contribution < -0.4 is 10.9 Å². The van der Waals surface area contributed by atoms with E-state index in [1.165, 1.54) is 33.4 Å². The number of nitrogens with one attached hydrogen (secondary N) is 1. The molecule has 0 bridgehead atoms. The summed E-state index contributed by atoms with van der Waals surface area (Å²) in [6.45, 7) is 2.51. The summed E-state index contributed by atoms with van der Waals surface area (Å²) in [6.07, 6.45) is 2.95. The van der Waals surface area contributed by atoms with E-state index in [0.717, 1.165) is 18.4 Å². The molecule has 1 aliphatic heterocycles. The Hall–Kier alpha value is -2.75. The third kappa shape index (κ3) is 4.21. The molecular weight excluding hydrogens is 440 g/mol. The van der Waals surface area contributed by atoms with Crippen molar-refractivity contribution in [1.29, 1.82) is 0 Å². The van der Waals surface area contributed by atoms with E-state index in [-0.39, 0.29) is 27.7 Å². The Kier molecular flexibility index (Phi) is 5.83. The van der Waals surface area contributed by atoms with Crippen LogP contribution in [0.5, 0.6) is 0 Å². The van der Waals surface area contributed by atoms with Gasteiger partial charge in [0, 0.05) is 18.8 Å². The quantitative estimate of drug-likeness (QED) is 0.630. The maximum atomic E-state index is 12.9. The van der Waals surface area contributed by atoms with Gasteiger partial charge in [-0.25, -0.2) is 13.4 Å². The summed E-state index contributed by atoms with van der Waals surface area (Å²) >= 11 is 6.14. The predicted molar refractivity (Wildman–Crippen MR) is 119 cm³/mol. The summed E-state index contributed by atoms with van der Waals surface area (Å²) in [5.41, 5.74) is 1.43. The maximum absolute atomic E-state index is 12.9. The van der Waals surface area contributed by atoms with Crippen molar-refractivity contribution in [3.63, 3.8) is 0 Å². The molecule has 1 aliphatic rings. The summed E-state index contributed by atoms with van der Waals surface area (Å²) in [5, 5.41) is 3.16. The molecule has 10 heteroatoms. The number of carbonyl (C=O) groups excluding carboxylic acids is 1. The van der Waals surface area contributed by atoms with Gasteiger partial charge in [-0.15, -0.1) is 0 Å². The van der Waals surface area contributed by atoms with Crippen molar-refractivity contribution in [2.45, 2.75) is 31.2 Å². The Morgan fingerprint density at radius 2 is 1.94 bits per heavy atom. The van der Waals surface area contributed by atoms with Gasteiger partial charge in [-0.2, -0.15) is 4.31 Å². The van der Waals surface area contributed by atoms with Crippen LogP contribution >= 0.6 is 11.6 Å². The van der Waals surface area contributed by atoms with Gasteiger partial charge in [0.1, 0.15) is 11.4 Å². The van der Waals surface area contributed by atoms with Gasteiger partial charge >= 0.3 is 0 Å². The smallest absolute Gasteiger partial charge is 0.261 e. The molecule has 0 atom stereocenters. The van der Waals surface area contributed by atoms with Crippen LogP contribution in [0.4, 0.5) is 5.69 Å². The van der Waals surface area contributed by atoms with Crippen LogP contribution in [0.25, 0.3) is 10.9 Å². The number of fused-ring (bicyclic) bond motifs is 1. The van der Waals surface area contributed by atoms with E-state index < -0.39 is 15.9 Å². The van der Waals surface area contributed by atoms with Crippen molar-refractivity contribution < 1.29 is 13.2 Å². The number of aryl methyl sites for hydroxylation is 1. The number of carbonyl (C=O) groups is 1. The lowest BCUT2D eigenvalue weighted by atomic mass is 10.1. The number of aromatic nitrogens is 2. The van der Waals surface area contributed by atoms with E-state index in [4.69, 9.17) is 11.6 Å². The van der Waals surface area contributed by atoms with Gasteiger partial charge < -0.3 is 5.32 Å². The summed E-state index contributed by atoms with van der Waals surface area (Å²) in [6, 6.07) is 9.60. The van der Waals surface area contributed by atoms with Crippen molar-refractivity contribution in [1.82, 2.24) is 13.9 Å². The Bertz CT molecular complexity index is 1330. The third-order valence-electron chi connectivity index (χ3n) is 5.27. The average molecular weight is 461 g/mol. The van der Waals surface area contributed by atoms with Crippen LogP contribution in [-0.4, -0.2) is 41.3 Å². The highest BCUT2D eigenvalue weighted by Crippen LogP contribution is 2.29. The van der Waals surface area contributed by atoms with Crippen molar-refractivity contribution in [3.8, 4) is 0 Å². The molecule has 1 amide bonds. The van der Waals surface area contributed by atoms with Crippen molar-refractivity contribution in [3.05, 3.63) is 63.7 Å². The molecule has 1 aromatic heterocycles. The van der Waals surface area contributed by atoms with Crippen LogP contribution in [-0.2, 0) is 21.4 Å². The Labute approximate surface area is 184 Å². The summed E-state index contributed by atoms with van der Waals surface area (Å²) < 4.78 is 28.3. The lowest BCUT2D eigenvalue weighted by molar-refractivity contribution is -0.116. The minimum absolute atomic E-state index is 0.0473. The molecule has 0 radical (unpaired) electrons. The molecule has 162 valence electrons. The summed E-state index contributed by atoms with van der Waals surface area (Å²) in [7, 11) is -3.74. The molecule has 1 N–H and O–H groups in total. The fraction of sp³-hybridized carbons (Fsp3) is 0.286. The second kappa shape index (κ2) is 8.41. The van der Waals surface area contributed by atoms with Crippen LogP contribution in [0.3, 0.4) is 0 Å². The molecule has 1 fully saturated rings. The molecule has 0 unspecified atom stereocenters. The molecule has 2 aromatic carbocycles. The van der Waals surface area contributed by atoms with Gasteiger partial charge in [0.2, 0.25) is 15.9 Å². The van der Waals surface area contributed by atoms with Crippen LogP contribution in [0, 0.1) is 6.92 Å². The van der Waals surface area contributed by atoms with Crippen LogP contribution in [0.2, 0.25) is 5.02 Å². The molecule has 0 aliphatic carbocycles. The number of halogens is 1. The largest absolute Gasteiger partial charge is 0.324 e. The van der Waals surface area contributed by atoms with Crippen molar-refractivity contribution in [2.24, 2.45) is 0 Å². The molecule has 8 nitrogen and oxygen atoms in total. The molecule has 4 rings (SSSR count). The fourth-order valence-electron chi connectivity index (χ4n) is 3.65. The van der Waals surface area contributed by atoms with Gasteiger partial charge in [0.25, 0.3) is 5.56 Å². The monoisotopic (exact) mass is 460 g/mol. The van der Waals surface area contributed by atoms with Gasteiger partial charge in [-0.05, 0) is 49.6 Å². The summed E-state index contributed by atoms with van der Waals surface area (Å²) in [5.74, 6) is -0.484. The zero-order chi connectivity index (χ0) is 22.2. The number of benzene rings is 2. The highest BCUT2D eigenvalue weighted by Gasteiger charge is 2.29. The number of hydrogen-bond donors (Lipinski definition) is 1. The minimum Gasteiger partial charge on any atom is -0.324 e. The number of rotatable bonds is 5. The van der Waals surface area contributed by atoms with Crippen molar-refractivity contribution in [2.75, 3.05) is 18.4 Å². The zero-order valence-electron chi connectivity index (χ0n) is 16.8. The van der Waals surface area contributed by atoms with Crippen LogP contribution in [0.15, 0.2) is 52.4 Å². The third-order valence-corrected chi connectivity index (χ3v) is 7.65. The Balaban J connectivity index is 1.56. The average Bonchev–Trinajstić information content (AvgIpc) is 3.28. The first-order valence-electron chi connectivity index (χ1n) is 9.82. The van der Waals surface area contributed by atoms with E-state index in [0.29, 0.717) is 24.0 Å². The Morgan fingerprint density at radius 3 is 2.68 bits per heavy atom. The number of nitrogens with zero attached hydrogens (tertiary/aromatic N) is 3. The topological polar surface area (TPSA) is 101 Å². The van der Waals surface area contributed by atoms with Crippen LogP contribution in [0.1, 0.15) is 18.4 Å². The second-order valence-corrected chi connectivity index (χ2v) is 9.77. The highest BCUT2D eigenvalue weighted by atomic mass is 35.5. The first-order chi connectivity index (χ1) is 14.8. The normalized spacial score (nSPS) is 14.8. The fourth-order valence-corrected chi connectivity index (χ4v) is 5.67. The number of anilines is 1. The number of sulfonamides is 1. The standard InChI is InChI=1S/C21H21ClN4O4S/c1-14-5-4-6-16-20(14)23-13-25(21(16)28)12-19(27)24-15-7-8-17(22)18(11-15)31(29,30)26-9-2-3-10-26/h4-8,11,13H,2-3,9-10,12H2,1H3,(H,24,27). The highest BCUT2D eigenvalue weighted by molar-refractivity contribution is 7.89. The van der Waals surface area contributed by atoms with E-state index >= 15 is 0 Å². The molecule has 0 spiro atoms.